The fourth-order valence-corrected chi connectivity index (χ4v) is 2.12. The summed E-state index contributed by atoms with van der Waals surface area (Å²) in [5.74, 6) is 1.37. The van der Waals surface area contributed by atoms with Crippen LogP contribution in [0.5, 0.6) is 11.5 Å². The number of hydrogen-bond donors (Lipinski definition) is 1. The average Bonchev–Trinajstić information content (AvgIpc) is 2.44. The van der Waals surface area contributed by atoms with Crippen molar-refractivity contribution >= 4 is 17.3 Å². The smallest absolute Gasteiger partial charge is 0.143 e. The highest BCUT2D eigenvalue weighted by Crippen LogP contribution is 2.35. The predicted octanol–water partition coefficient (Wildman–Crippen LogP) is 3.11. The molecule has 108 valence electrons. The Balaban J connectivity index is 2.71. The van der Waals surface area contributed by atoms with Crippen molar-refractivity contribution in [2.75, 3.05) is 45.7 Å². The minimum atomic E-state index is 0.550. The van der Waals surface area contributed by atoms with Crippen LogP contribution in [0.3, 0.4) is 0 Å². The Morgan fingerprint density at radius 1 is 1.11 bits per heavy atom. The molecule has 0 amide bonds. The van der Waals surface area contributed by atoms with Crippen LogP contribution in [0.4, 0.5) is 5.69 Å². The number of likely N-dealkylation sites (N-methyl/N-ethyl adjacent to an activating group) is 1. The van der Waals surface area contributed by atoms with E-state index in [1.54, 1.807) is 20.3 Å². The van der Waals surface area contributed by atoms with Crippen LogP contribution in [0.25, 0.3) is 0 Å². The number of nitrogens with zero attached hydrogens (tertiary/aromatic N) is 1. The van der Waals surface area contributed by atoms with Crippen molar-refractivity contribution in [3.63, 3.8) is 0 Å². The Hall–Kier alpha value is -1.13. The molecule has 0 heterocycles. The van der Waals surface area contributed by atoms with E-state index in [-0.39, 0.29) is 0 Å². The van der Waals surface area contributed by atoms with E-state index >= 15 is 0 Å². The highest BCUT2D eigenvalue weighted by Gasteiger charge is 2.09. The molecule has 0 radical (unpaired) electrons. The summed E-state index contributed by atoms with van der Waals surface area (Å²) < 4.78 is 10.5. The van der Waals surface area contributed by atoms with Gasteiger partial charge in [0, 0.05) is 25.2 Å². The van der Waals surface area contributed by atoms with Gasteiger partial charge in [-0.2, -0.15) is 0 Å². The highest BCUT2D eigenvalue weighted by atomic mass is 35.5. The second kappa shape index (κ2) is 8.12. The van der Waals surface area contributed by atoms with Gasteiger partial charge in [0.2, 0.25) is 0 Å². The Kier molecular flexibility index (Phi) is 6.81. The molecule has 1 rings (SSSR count). The molecule has 0 saturated carbocycles. The first-order chi connectivity index (χ1) is 9.15. The van der Waals surface area contributed by atoms with Gasteiger partial charge in [-0.05, 0) is 13.1 Å². The van der Waals surface area contributed by atoms with Gasteiger partial charge in [-0.25, -0.2) is 0 Å². The average molecular weight is 287 g/mol. The lowest BCUT2D eigenvalue weighted by Crippen LogP contribution is -2.28. The number of anilines is 1. The van der Waals surface area contributed by atoms with Crippen LogP contribution in [0, 0.1) is 0 Å². The van der Waals surface area contributed by atoms with E-state index in [2.05, 4.69) is 24.1 Å². The summed E-state index contributed by atoms with van der Waals surface area (Å²) in [6.45, 7) is 8.27. The van der Waals surface area contributed by atoms with Gasteiger partial charge in [0.25, 0.3) is 0 Å². The van der Waals surface area contributed by atoms with E-state index in [9.17, 15) is 0 Å². The summed E-state index contributed by atoms with van der Waals surface area (Å²) in [6.07, 6.45) is 0. The van der Waals surface area contributed by atoms with E-state index < -0.39 is 0 Å². The minimum absolute atomic E-state index is 0.550. The van der Waals surface area contributed by atoms with Crippen molar-refractivity contribution in [3.05, 3.63) is 17.2 Å². The summed E-state index contributed by atoms with van der Waals surface area (Å²) in [5, 5.41) is 3.91. The van der Waals surface area contributed by atoms with E-state index in [1.807, 2.05) is 6.07 Å². The van der Waals surface area contributed by atoms with Crippen LogP contribution in [0.2, 0.25) is 5.02 Å². The second-order valence-corrected chi connectivity index (χ2v) is 4.55. The van der Waals surface area contributed by atoms with Gasteiger partial charge in [-0.15, -0.1) is 0 Å². The SMILES string of the molecule is CCN(CC)CCNc1cc(OC)c(Cl)cc1OC. The fourth-order valence-electron chi connectivity index (χ4n) is 1.89. The third-order valence-electron chi connectivity index (χ3n) is 3.11. The topological polar surface area (TPSA) is 33.7 Å². The third kappa shape index (κ3) is 4.48. The largest absolute Gasteiger partial charge is 0.495 e. The van der Waals surface area contributed by atoms with Crippen molar-refractivity contribution in [3.8, 4) is 11.5 Å². The molecule has 0 aliphatic rings. The standard InChI is InChI=1S/C14H23ClN2O2/c1-5-17(6-2)8-7-16-12-10-13(18-3)11(15)9-14(12)19-4/h9-10,16H,5-8H2,1-4H3. The van der Waals surface area contributed by atoms with Crippen LogP contribution in [0.15, 0.2) is 12.1 Å². The third-order valence-corrected chi connectivity index (χ3v) is 3.41. The van der Waals surface area contributed by atoms with Crippen LogP contribution in [-0.4, -0.2) is 45.3 Å². The van der Waals surface area contributed by atoms with Crippen LogP contribution >= 0.6 is 11.6 Å². The number of methoxy groups -OCH3 is 2. The number of ether oxygens (including phenoxy) is 2. The molecule has 0 aliphatic heterocycles. The van der Waals surface area contributed by atoms with Gasteiger partial charge < -0.3 is 19.7 Å². The molecule has 0 bridgehead atoms. The maximum atomic E-state index is 6.07. The van der Waals surface area contributed by atoms with Crippen LogP contribution < -0.4 is 14.8 Å². The van der Waals surface area contributed by atoms with Crippen molar-refractivity contribution in [1.82, 2.24) is 4.90 Å². The van der Waals surface area contributed by atoms with E-state index in [4.69, 9.17) is 21.1 Å². The summed E-state index contributed by atoms with van der Waals surface area (Å²) in [4.78, 5) is 2.35. The molecular formula is C14H23ClN2O2. The highest BCUT2D eigenvalue weighted by molar-refractivity contribution is 6.32. The molecule has 0 aromatic heterocycles. The zero-order chi connectivity index (χ0) is 14.3. The Labute approximate surface area is 120 Å². The first-order valence-electron chi connectivity index (χ1n) is 6.53. The lowest BCUT2D eigenvalue weighted by molar-refractivity contribution is 0.315. The second-order valence-electron chi connectivity index (χ2n) is 4.14. The number of benzene rings is 1. The molecule has 1 aromatic rings. The van der Waals surface area contributed by atoms with Crippen LogP contribution in [-0.2, 0) is 0 Å². The van der Waals surface area contributed by atoms with E-state index in [0.29, 0.717) is 10.8 Å². The molecule has 1 N–H and O–H groups in total. The number of nitrogens with one attached hydrogen (secondary N) is 1. The molecule has 0 saturated heterocycles. The number of rotatable bonds is 8. The Bertz CT molecular complexity index is 395. The molecule has 19 heavy (non-hydrogen) atoms. The zero-order valence-electron chi connectivity index (χ0n) is 12.1. The molecule has 0 atom stereocenters. The van der Waals surface area contributed by atoms with Crippen LogP contribution in [0.1, 0.15) is 13.8 Å². The maximum absolute atomic E-state index is 6.07. The predicted molar refractivity (Wildman–Crippen MR) is 80.8 cm³/mol. The van der Waals surface area contributed by atoms with Crippen molar-refractivity contribution < 1.29 is 9.47 Å². The first kappa shape index (κ1) is 15.9. The molecule has 0 spiro atoms. The number of halogens is 1. The minimum Gasteiger partial charge on any atom is -0.495 e. The Morgan fingerprint density at radius 2 is 1.74 bits per heavy atom. The quantitative estimate of drug-likeness (QED) is 0.796. The van der Waals surface area contributed by atoms with Gasteiger partial charge in [-0.1, -0.05) is 25.4 Å². The lowest BCUT2D eigenvalue weighted by Gasteiger charge is -2.19. The molecular weight excluding hydrogens is 264 g/mol. The summed E-state index contributed by atoms with van der Waals surface area (Å²) in [7, 11) is 3.24. The van der Waals surface area contributed by atoms with Crippen molar-refractivity contribution in [2.24, 2.45) is 0 Å². The van der Waals surface area contributed by atoms with Gasteiger partial charge in [0.05, 0.1) is 24.9 Å². The van der Waals surface area contributed by atoms with Gasteiger partial charge in [0.15, 0.2) is 0 Å². The first-order valence-corrected chi connectivity index (χ1v) is 6.91. The summed E-state index contributed by atoms with van der Waals surface area (Å²) in [5.41, 5.74) is 0.899. The molecule has 5 heteroatoms. The van der Waals surface area contributed by atoms with Crippen molar-refractivity contribution in [1.29, 1.82) is 0 Å². The monoisotopic (exact) mass is 286 g/mol. The summed E-state index contributed by atoms with van der Waals surface area (Å²) in [6, 6.07) is 3.63. The molecule has 0 unspecified atom stereocenters. The lowest BCUT2D eigenvalue weighted by atomic mass is 10.2. The van der Waals surface area contributed by atoms with E-state index in [0.717, 1.165) is 37.6 Å². The Morgan fingerprint density at radius 3 is 2.26 bits per heavy atom. The molecule has 1 aromatic carbocycles. The zero-order valence-corrected chi connectivity index (χ0v) is 12.9. The fraction of sp³-hybridized carbons (Fsp3) is 0.571. The molecule has 4 nitrogen and oxygen atoms in total. The molecule has 0 aliphatic carbocycles. The van der Waals surface area contributed by atoms with Crippen molar-refractivity contribution in [2.45, 2.75) is 13.8 Å². The number of hydrogen-bond acceptors (Lipinski definition) is 4. The molecule has 0 fully saturated rings. The summed E-state index contributed by atoms with van der Waals surface area (Å²) >= 11 is 6.07. The van der Waals surface area contributed by atoms with E-state index in [1.165, 1.54) is 0 Å². The van der Waals surface area contributed by atoms with Gasteiger partial charge in [0.1, 0.15) is 11.5 Å². The normalized spacial score (nSPS) is 10.6. The van der Waals surface area contributed by atoms with Gasteiger partial charge >= 0.3 is 0 Å². The maximum Gasteiger partial charge on any atom is 0.143 e. The van der Waals surface area contributed by atoms with Gasteiger partial charge in [-0.3, -0.25) is 0 Å².